The molecular formula is C4H2BrF3O2. The van der Waals surface area contributed by atoms with Gasteiger partial charge in [0.15, 0.2) is 0 Å². The Morgan fingerprint density at radius 2 is 1.90 bits per heavy atom. The van der Waals surface area contributed by atoms with Crippen LogP contribution in [-0.2, 0) is 4.79 Å². The van der Waals surface area contributed by atoms with Crippen molar-refractivity contribution in [1.29, 1.82) is 0 Å². The van der Waals surface area contributed by atoms with Gasteiger partial charge in [-0.2, -0.15) is 13.2 Å². The zero-order chi connectivity index (χ0) is 8.36. The molecule has 0 heterocycles. The first-order valence-corrected chi connectivity index (χ1v) is 2.80. The van der Waals surface area contributed by atoms with Crippen LogP contribution in [0.2, 0.25) is 0 Å². The maximum Gasteiger partial charge on any atom is 0.411 e. The van der Waals surface area contributed by atoms with E-state index in [4.69, 9.17) is 5.11 Å². The van der Waals surface area contributed by atoms with Gasteiger partial charge in [0, 0.05) is 6.08 Å². The molecule has 0 aliphatic carbocycles. The van der Waals surface area contributed by atoms with E-state index in [0.29, 0.717) is 0 Å². The fraction of sp³-hybridized carbons (Fsp3) is 0.250. The molecule has 0 amide bonds. The third-order valence-corrected chi connectivity index (χ3v) is 1.06. The number of hydrogen-bond donors (Lipinski definition) is 1. The molecular weight excluding hydrogens is 217 g/mol. The second-order valence-electron chi connectivity index (χ2n) is 1.34. The SMILES string of the molecule is O=C(O)C(Br)=CC(F)(F)F. The van der Waals surface area contributed by atoms with Crippen LogP contribution in [0.15, 0.2) is 10.6 Å². The number of halogens is 4. The molecule has 0 fully saturated rings. The van der Waals surface area contributed by atoms with Gasteiger partial charge in [-0.3, -0.25) is 0 Å². The van der Waals surface area contributed by atoms with Gasteiger partial charge in [-0.15, -0.1) is 0 Å². The fourth-order valence-electron chi connectivity index (χ4n) is 0.205. The molecule has 10 heavy (non-hydrogen) atoms. The number of aliphatic carboxylic acids is 1. The van der Waals surface area contributed by atoms with Gasteiger partial charge in [-0.25, -0.2) is 4.79 Å². The van der Waals surface area contributed by atoms with E-state index in [2.05, 4.69) is 15.9 Å². The van der Waals surface area contributed by atoms with Crippen molar-refractivity contribution >= 4 is 21.9 Å². The summed E-state index contributed by atoms with van der Waals surface area (Å²) in [4.78, 5) is 9.76. The van der Waals surface area contributed by atoms with Crippen LogP contribution in [0, 0.1) is 0 Å². The highest BCUT2D eigenvalue weighted by molar-refractivity contribution is 9.12. The summed E-state index contributed by atoms with van der Waals surface area (Å²) in [6.07, 6.45) is -4.92. The van der Waals surface area contributed by atoms with E-state index in [-0.39, 0.29) is 6.08 Å². The average Bonchev–Trinajstić information content (AvgIpc) is 1.60. The lowest BCUT2D eigenvalue weighted by Gasteiger charge is -1.97. The van der Waals surface area contributed by atoms with Crippen LogP contribution < -0.4 is 0 Å². The second-order valence-corrected chi connectivity index (χ2v) is 2.19. The molecule has 6 heteroatoms. The van der Waals surface area contributed by atoms with Gasteiger partial charge in [0.25, 0.3) is 0 Å². The first kappa shape index (κ1) is 9.48. The standard InChI is InChI=1S/C4H2BrF3O2/c5-2(3(9)10)1-4(6,7)8/h1H,(H,9,10). The molecule has 0 spiro atoms. The van der Waals surface area contributed by atoms with Crippen molar-refractivity contribution in [3.8, 4) is 0 Å². The Hall–Kier alpha value is -0.520. The highest BCUT2D eigenvalue weighted by Gasteiger charge is 2.25. The lowest BCUT2D eigenvalue weighted by molar-refractivity contribution is -0.132. The zero-order valence-corrected chi connectivity index (χ0v) is 6.03. The van der Waals surface area contributed by atoms with Gasteiger partial charge >= 0.3 is 12.1 Å². The number of carboxylic acid groups (broad SMARTS) is 1. The predicted octanol–water partition coefficient (Wildman–Crippen LogP) is 1.91. The third kappa shape index (κ3) is 4.37. The highest BCUT2D eigenvalue weighted by Crippen LogP contribution is 2.20. The lowest BCUT2D eigenvalue weighted by atomic mass is 10.5. The molecule has 0 bridgehead atoms. The van der Waals surface area contributed by atoms with Gasteiger partial charge in [0.2, 0.25) is 0 Å². The topological polar surface area (TPSA) is 37.3 Å². The van der Waals surface area contributed by atoms with Crippen molar-refractivity contribution in [2.45, 2.75) is 6.18 Å². The molecule has 58 valence electrons. The van der Waals surface area contributed by atoms with Crippen LogP contribution >= 0.6 is 15.9 Å². The molecule has 1 N–H and O–H groups in total. The summed E-state index contributed by atoms with van der Waals surface area (Å²) in [6, 6.07) is 0. The number of rotatable bonds is 1. The first-order valence-electron chi connectivity index (χ1n) is 2.01. The number of carbonyl (C=O) groups is 1. The van der Waals surface area contributed by atoms with E-state index in [1.165, 1.54) is 0 Å². The summed E-state index contributed by atoms with van der Waals surface area (Å²) < 4.78 is 33.0. The Morgan fingerprint density at radius 3 is 2.00 bits per heavy atom. The molecule has 0 saturated heterocycles. The Kier molecular flexibility index (Phi) is 2.89. The van der Waals surface area contributed by atoms with E-state index >= 15 is 0 Å². The monoisotopic (exact) mass is 218 g/mol. The van der Waals surface area contributed by atoms with Crippen LogP contribution in [0.1, 0.15) is 0 Å². The maximum atomic E-state index is 11.3. The minimum absolute atomic E-state index is 0.338. The largest absolute Gasteiger partial charge is 0.477 e. The van der Waals surface area contributed by atoms with Crippen molar-refractivity contribution in [1.82, 2.24) is 0 Å². The zero-order valence-electron chi connectivity index (χ0n) is 4.44. The molecule has 0 unspecified atom stereocenters. The van der Waals surface area contributed by atoms with E-state index in [1.54, 1.807) is 0 Å². The molecule has 0 atom stereocenters. The number of allylic oxidation sites excluding steroid dienone is 1. The van der Waals surface area contributed by atoms with Crippen molar-refractivity contribution < 1.29 is 23.1 Å². The van der Waals surface area contributed by atoms with Crippen LogP contribution in [0.4, 0.5) is 13.2 Å². The van der Waals surface area contributed by atoms with Gasteiger partial charge in [0.05, 0.1) is 0 Å². The van der Waals surface area contributed by atoms with Crippen molar-refractivity contribution in [3.05, 3.63) is 10.6 Å². The fourth-order valence-corrected chi connectivity index (χ4v) is 0.465. The summed E-state index contributed by atoms with van der Waals surface area (Å²) in [5.41, 5.74) is 0. The van der Waals surface area contributed by atoms with Crippen LogP contribution in [-0.4, -0.2) is 17.3 Å². The summed E-state index contributed by atoms with van der Waals surface area (Å²) in [5, 5.41) is 7.93. The lowest BCUT2D eigenvalue weighted by Crippen LogP contribution is -2.05. The van der Waals surface area contributed by atoms with Crippen molar-refractivity contribution in [2.24, 2.45) is 0 Å². The van der Waals surface area contributed by atoms with Gasteiger partial charge in [-0.05, 0) is 15.9 Å². The molecule has 0 aliphatic rings. The summed E-state index contributed by atoms with van der Waals surface area (Å²) in [5.74, 6) is -1.64. The minimum atomic E-state index is -4.59. The van der Waals surface area contributed by atoms with Crippen LogP contribution in [0.3, 0.4) is 0 Å². The summed E-state index contributed by atoms with van der Waals surface area (Å²) in [6.45, 7) is 0. The highest BCUT2D eigenvalue weighted by atomic mass is 79.9. The summed E-state index contributed by atoms with van der Waals surface area (Å²) >= 11 is 2.22. The molecule has 0 rings (SSSR count). The molecule has 0 aromatic carbocycles. The van der Waals surface area contributed by atoms with Crippen molar-refractivity contribution in [2.75, 3.05) is 0 Å². The molecule has 0 saturated carbocycles. The number of hydrogen-bond acceptors (Lipinski definition) is 1. The van der Waals surface area contributed by atoms with E-state index in [9.17, 15) is 18.0 Å². The molecule has 0 aromatic rings. The van der Waals surface area contributed by atoms with E-state index in [0.717, 1.165) is 0 Å². The van der Waals surface area contributed by atoms with Crippen molar-refractivity contribution in [3.63, 3.8) is 0 Å². The first-order chi connectivity index (χ1) is 4.33. The van der Waals surface area contributed by atoms with Gasteiger partial charge in [-0.1, -0.05) is 0 Å². The van der Waals surface area contributed by atoms with E-state index in [1.807, 2.05) is 0 Å². The Labute approximate surface area is 62.5 Å². The number of carboxylic acids is 1. The molecule has 2 nitrogen and oxygen atoms in total. The van der Waals surface area contributed by atoms with Gasteiger partial charge in [0.1, 0.15) is 4.48 Å². The maximum absolute atomic E-state index is 11.3. The van der Waals surface area contributed by atoms with Gasteiger partial charge < -0.3 is 5.11 Å². The van der Waals surface area contributed by atoms with E-state index < -0.39 is 16.6 Å². The smallest absolute Gasteiger partial charge is 0.411 e. The normalized spacial score (nSPS) is 13.4. The summed E-state index contributed by atoms with van der Waals surface area (Å²) in [7, 11) is 0. The minimum Gasteiger partial charge on any atom is -0.477 e. The Morgan fingerprint density at radius 1 is 1.50 bits per heavy atom. The third-order valence-electron chi connectivity index (χ3n) is 0.495. The second kappa shape index (κ2) is 3.05. The average molecular weight is 219 g/mol. The Bertz CT molecular complexity index is 172. The molecule has 0 radical (unpaired) electrons. The quantitative estimate of drug-likeness (QED) is 0.684. The Balaban J connectivity index is 4.32. The van der Waals surface area contributed by atoms with Crippen LogP contribution in [0.5, 0.6) is 0 Å². The predicted molar refractivity (Wildman–Crippen MR) is 30.7 cm³/mol. The van der Waals surface area contributed by atoms with Crippen LogP contribution in [0.25, 0.3) is 0 Å². The molecule has 0 aromatic heterocycles. The number of alkyl halides is 3. The molecule has 0 aliphatic heterocycles.